The molecule has 5 aromatic carbocycles. The van der Waals surface area contributed by atoms with Crippen molar-refractivity contribution in [2.75, 3.05) is 23.9 Å². The third-order valence-corrected chi connectivity index (χ3v) is 19.5. The van der Waals surface area contributed by atoms with Crippen LogP contribution < -0.4 is 24.0 Å². The molecule has 0 spiro atoms. The van der Waals surface area contributed by atoms with Crippen LogP contribution >= 0.6 is 57.5 Å². The van der Waals surface area contributed by atoms with E-state index in [-0.39, 0.29) is 61.0 Å². The van der Waals surface area contributed by atoms with E-state index in [1.54, 1.807) is 159 Å². The van der Waals surface area contributed by atoms with Gasteiger partial charge in [0.2, 0.25) is 0 Å². The first-order valence-electron chi connectivity index (χ1n) is 36.6. The molecule has 0 radical (unpaired) electrons. The summed E-state index contributed by atoms with van der Waals surface area (Å²) in [7, 11) is 5.64. The van der Waals surface area contributed by atoms with Gasteiger partial charge in [-0.1, -0.05) is 72.1 Å². The number of nitrogens with zero attached hydrogens (tertiary/aromatic N) is 16. The molecule has 15 rings (SSSR count). The predicted molar refractivity (Wildman–Crippen MR) is 458 cm³/mol. The highest BCUT2D eigenvalue weighted by Crippen LogP contribution is 2.32. The molecule has 0 atom stereocenters. The quantitative estimate of drug-likeness (QED) is 0.0455. The number of pyridine rings is 5. The van der Waals surface area contributed by atoms with Crippen LogP contribution in [0.4, 0.5) is 22.7 Å². The van der Waals surface area contributed by atoms with Gasteiger partial charge in [0.15, 0.2) is 40.5 Å². The van der Waals surface area contributed by atoms with E-state index in [1.165, 1.54) is 41.4 Å². The van der Waals surface area contributed by atoms with Crippen LogP contribution in [-0.4, -0.2) is 113 Å². The number of aromatic nitrogens is 14. The molecule has 0 aliphatic heterocycles. The number of carbonyl (C=O) groups excluding carboxylic acids is 5. The molecule has 0 saturated heterocycles. The van der Waals surface area contributed by atoms with E-state index in [4.69, 9.17) is 49.0 Å². The Morgan fingerprint density at radius 2 is 0.873 bits per heavy atom. The summed E-state index contributed by atoms with van der Waals surface area (Å²) in [5, 5.41) is 11.1. The van der Waals surface area contributed by atoms with E-state index in [0.717, 1.165) is 67.8 Å². The SMILES string of the molecule is CCc1cccc(CC(=O)c2cccc(Oc3cccnc3)c2)n1.CN(c1cccnc1)c1cc(Cl)cc(C(=O)Cc2nccs2)c1.Cc1cncc(CC(=O)c2cc(Cl)cc(Oc3cncnc3)c2)n1.Cc1csc(CC(=O)c2cc(Cl)cc(N(C)c3cccnc3)c2)n1.Cc1nc(CC(=O)c2cccc(Oc3cccnc3)c2)nn1C. The molecule has 0 bridgehead atoms. The van der Waals surface area contributed by atoms with Crippen LogP contribution in [0.25, 0.3) is 0 Å². The van der Waals surface area contributed by atoms with E-state index < -0.39 is 0 Å². The van der Waals surface area contributed by atoms with Gasteiger partial charge >= 0.3 is 0 Å². The fourth-order valence-electron chi connectivity index (χ4n) is 11.2. The fraction of sp³-hybridized carbons (Fsp3) is 0.146. The number of anilines is 4. The van der Waals surface area contributed by atoms with Crippen molar-refractivity contribution in [3.63, 3.8) is 0 Å². The Hall–Kier alpha value is -13.4. The molecular weight excluding hydrogens is 1590 g/mol. The Morgan fingerprint density at radius 1 is 0.390 bits per heavy atom. The number of ketones is 5. The van der Waals surface area contributed by atoms with Crippen molar-refractivity contribution in [1.29, 1.82) is 0 Å². The molecule has 0 aliphatic rings. The molecular formula is C89H77Cl3N16O8S2. The van der Waals surface area contributed by atoms with Crippen molar-refractivity contribution < 1.29 is 38.2 Å². The highest BCUT2D eigenvalue weighted by atomic mass is 35.5. The lowest BCUT2D eigenvalue weighted by atomic mass is 10.1. The van der Waals surface area contributed by atoms with Crippen LogP contribution in [0.15, 0.2) is 268 Å². The number of aryl methyl sites for hydroxylation is 5. The zero-order valence-corrected chi connectivity index (χ0v) is 68.9. The summed E-state index contributed by atoms with van der Waals surface area (Å²) in [6, 6.07) is 50.5. The van der Waals surface area contributed by atoms with E-state index in [9.17, 15) is 24.0 Å². The molecule has 0 amide bonds. The van der Waals surface area contributed by atoms with E-state index in [0.29, 0.717) is 88.9 Å². The zero-order valence-electron chi connectivity index (χ0n) is 65.0. The molecule has 0 aliphatic carbocycles. The number of ether oxygens (including phenoxy) is 3. The van der Waals surface area contributed by atoms with Crippen molar-refractivity contribution in [3.05, 3.63) is 361 Å². The number of rotatable bonds is 26. The molecule has 0 fully saturated rings. The van der Waals surface area contributed by atoms with Gasteiger partial charge in [0.25, 0.3) is 0 Å². The fourth-order valence-corrected chi connectivity index (χ4v) is 13.2. The topological polar surface area (TPSA) is 292 Å². The Bertz CT molecular complexity index is 5850. The maximum Gasteiger partial charge on any atom is 0.170 e. The van der Waals surface area contributed by atoms with Gasteiger partial charge in [-0.05, 0) is 167 Å². The van der Waals surface area contributed by atoms with E-state index in [2.05, 4.69) is 64.9 Å². The third-order valence-electron chi connectivity index (χ3n) is 17.1. The standard InChI is InChI=1S/C20H18N2O2.C18H16ClN3OS.C17H13ClN4O2.C17H14ClN3OS.C17H16N4O2/c1-2-16-7-4-8-17(22-16)13-20(23)15-6-3-9-18(12-15)24-19-10-5-11-21-14-19;1-12-11-24-18(21-12)9-17(23)13-6-14(19)8-16(7-13)22(2)15-4-3-5-20-10-15;1-11-6-19-7-14(22-11)5-17(23)12-2-13(18)4-15(3-12)24-16-8-20-10-21-9-16;1-21(14-3-2-4-19-11-14)15-8-12(7-13(18)9-15)16(22)10-17-20-5-6-23-17;1-12-19-17(20-21(12)2)10-16(22)13-5-3-6-14(9-13)23-15-7-4-8-18-11-15/h3-12,14H,2,13H2,1H3;3-8,10-11H,9H2,1-2H3;2-4,6-10H,5H2,1H3;2-9,11H,10H2,1H3;3-9,11H,10H2,1-2H3. The van der Waals surface area contributed by atoms with Crippen LogP contribution in [0.5, 0.6) is 34.5 Å². The molecule has 0 N–H and O–H groups in total. The minimum atomic E-state index is -0.119. The van der Waals surface area contributed by atoms with Gasteiger partial charge in [-0.2, -0.15) is 5.10 Å². The lowest BCUT2D eigenvalue weighted by Gasteiger charge is -2.20. The lowest BCUT2D eigenvalue weighted by molar-refractivity contribution is 0.0982. The number of carbonyl (C=O) groups is 5. The predicted octanol–water partition coefficient (Wildman–Crippen LogP) is 19.5. The summed E-state index contributed by atoms with van der Waals surface area (Å²) >= 11 is 21.5. The minimum Gasteiger partial charge on any atom is -0.456 e. The first-order valence-corrected chi connectivity index (χ1v) is 39.5. The molecule has 15 aromatic rings. The average Bonchev–Trinajstić information content (AvgIpc) is 1.32. The molecule has 10 heterocycles. The van der Waals surface area contributed by atoms with Crippen molar-refractivity contribution in [2.24, 2.45) is 7.05 Å². The highest BCUT2D eigenvalue weighted by molar-refractivity contribution is 7.10. The molecule has 24 nitrogen and oxygen atoms in total. The van der Waals surface area contributed by atoms with Crippen molar-refractivity contribution in [1.82, 2.24) is 69.6 Å². The Balaban J connectivity index is 0.000000145. The van der Waals surface area contributed by atoms with Crippen molar-refractivity contribution in [2.45, 2.75) is 66.2 Å². The molecule has 29 heteroatoms. The monoisotopic (exact) mass is 1670 g/mol. The summed E-state index contributed by atoms with van der Waals surface area (Å²) in [6.45, 7) is 7.65. The zero-order chi connectivity index (χ0) is 83.3. The van der Waals surface area contributed by atoms with E-state index >= 15 is 0 Å². The lowest BCUT2D eigenvalue weighted by Crippen LogP contribution is -2.11. The van der Waals surface area contributed by atoms with Gasteiger partial charge in [0, 0.05) is 147 Å². The van der Waals surface area contributed by atoms with Gasteiger partial charge in [-0.25, -0.2) is 24.9 Å². The first kappa shape index (κ1) is 85.5. The Kier molecular flexibility index (Phi) is 31.0. The molecule has 118 heavy (non-hydrogen) atoms. The summed E-state index contributed by atoms with van der Waals surface area (Å²) in [5.74, 6) is 4.53. The molecule has 10 aromatic heterocycles. The second kappa shape index (κ2) is 42.8. The van der Waals surface area contributed by atoms with Crippen LogP contribution in [0.1, 0.15) is 109 Å². The summed E-state index contributed by atoms with van der Waals surface area (Å²) in [5.41, 5.74) is 10.4. The maximum atomic E-state index is 12.6. The first-order chi connectivity index (χ1) is 57.1. The average molecular weight is 1670 g/mol. The highest BCUT2D eigenvalue weighted by Gasteiger charge is 2.19. The van der Waals surface area contributed by atoms with E-state index in [1.807, 2.05) is 153 Å². The molecule has 594 valence electrons. The minimum absolute atomic E-state index is 0.00304. The molecule has 0 saturated carbocycles. The number of benzene rings is 5. The number of hydrogen-bond donors (Lipinski definition) is 0. The van der Waals surface area contributed by atoms with Crippen molar-refractivity contribution in [3.8, 4) is 34.5 Å². The Morgan fingerprint density at radius 3 is 1.38 bits per heavy atom. The smallest absolute Gasteiger partial charge is 0.170 e. The van der Waals surface area contributed by atoms with Crippen LogP contribution in [0.2, 0.25) is 15.1 Å². The number of halogens is 3. The van der Waals surface area contributed by atoms with Gasteiger partial charge in [-0.3, -0.25) is 63.5 Å². The Labute approximate surface area is 704 Å². The number of Topliss-reactive ketones (excluding diaryl/α,β-unsaturated/α-hetero) is 5. The number of hydrogen-bond acceptors (Lipinski definition) is 25. The van der Waals surface area contributed by atoms with Crippen molar-refractivity contribution >= 4 is 109 Å². The van der Waals surface area contributed by atoms with Gasteiger partial charge in [0.1, 0.15) is 50.9 Å². The van der Waals surface area contributed by atoms with Crippen LogP contribution in [-0.2, 0) is 45.6 Å². The van der Waals surface area contributed by atoms with Crippen LogP contribution in [0, 0.1) is 20.8 Å². The summed E-state index contributed by atoms with van der Waals surface area (Å²) in [6.07, 6.45) is 25.0. The largest absolute Gasteiger partial charge is 0.456 e. The number of thiazole rings is 2. The summed E-state index contributed by atoms with van der Waals surface area (Å²) in [4.78, 5) is 116. The second-order valence-electron chi connectivity index (χ2n) is 26.1. The van der Waals surface area contributed by atoms with Gasteiger partial charge in [0.05, 0.1) is 92.0 Å². The van der Waals surface area contributed by atoms with Crippen LogP contribution in [0.3, 0.4) is 0 Å². The summed E-state index contributed by atoms with van der Waals surface area (Å²) < 4.78 is 18.7. The third kappa shape index (κ3) is 26.3. The van der Waals surface area contributed by atoms with Gasteiger partial charge in [-0.15, -0.1) is 22.7 Å². The van der Waals surface area contributed by atoms with Gasteiger partial charge < -0.3 is 24.0 Å². The molecule has 0 unspecified atom stereocenters. The normalized spacial score (nSPS) is 10.5. The second-order valence-corrected chi connectivity index (χ2v) is 29.3. The maximum absolute atomic E-state index is 12.6.